The van der Waals surface area contributed by atoms with E-state index in [1.165, 1.54) is 6.26 Å². The van der Waals surface area contributed by atoms with Gasteiger partial charge in [-0.3, -0.25) is 9.59 Å². The van der Waals surface area contributed by atoms with Crippen LogP contribution in [0.3, 0.4) is 0 Å². The maximum absolute atomic E-state index is 11.9. The predicted molar refractivity (Wildman–Crippen MR) is 70.4 cm³/mol. The van der Waals surface area contributed by atoms with Gasteiger partial charge in [0.1, 0.15) is 6.26 Å². The van der Waals surface area contributed by atoms with Crippen LogP contribution < -0.4 is 5.32 Å². The molecule has 2 amide bonds. The van der Waals surface area contributed by atoms with Crippen LogP contribution in [0.5, 0.6) is 0 Å². The summed E-state index contributed by atoms with van der Waals surface area (Å²) in [6.45, 7) is 8.82. The number of nitrogens with zero attached hydrogens (tertiary/aromatic N) is 2. The van der Waals surface area contributed by atoms with E-state index in [0.717, 1.165) is 0 Å². The van der Waals surface area contributed by atoms with Gasteiger partial charge in [-0.1, -0.05) is 13.8 Å². The minimum atomic E-state index is -0.268. The van der Waals surface area contributed by atoms with Crippen LogP contribution in [0.25, 0.3) is 0 Å². The third-order valence-electron chi connectivity index (χ3n) is 2.64. The average Bonchev–Trinajstić information content (AvgIpc) is 2.84. The molecule has 0 aliphatic rings. The molecule has 1 N–H and O–H groups in total. The monoisotopic (exact) mass is 267 g/mol. The van der Waals surface area contributed by atoms with Gasteiger partial charge in [-0.15, -0.1) is 0 Å². The fourth-order valence-electron chi connectivity index (χ4n) is 1.61. The molecule has 0 aromatic carbocycles. The second-order valence-electron chi connectivity index (χ2n) is 4.49. The average molecular weight is 267 g/mol. The Morgan fingerprint density at radius 3 is 2.63 bits per heavy atom. The second kappa shape index (κ2) is 6.92. The highest BCUT2D eigenvalue weighted by Gasteiger charge is 2.19. The van der Waals surface area contributed by atoms with Crippen molar-refractivity contribution in [1.29, 1.82) is 0 Å². The summed E-state index contributed by atoms with van der Waals surface area (Å²) >= 11 is 0. The summed E-state index contributed by atoms with van der Waals surface area (Å²) in [5.74, 6) is 0.0749. The van der Waals surface area contributed by atoms with Gasteiger partial charge in [-0.25, -0.2) is 4.98 Å². The van der Waals surface area contributed by atoms with Crippen LogP contribution in [-0.2, 0) is 11.3 Å². The molecule has 0 fully saturated rings. The van der Waals surface area contributed by atoms with Crippen LogP contribution >= 0.6 is 0 Å². The normalized spacial score (nSPS) is 10.6. The summed E-state index contributed by atoms with van der Waals surface area (Å²) < 4.78 is 5.23. The molecule has 6 nitrogen and oxygen atoms in total. The van der Waals surface area contributed by atoms with E-state index in [4.69, 9.17) is 4.42 Å². The lowest BCUT2D eigenvalue weighted by Gasteiger charge is -2.21. The summed E-state index contributed by atoms with van der Waals surface area (Å²) in [7, 11) is 0. The molecule has 1 aromatic heterocycles. The molecule has 0 radical (unpaired) electrons. The number of rotatable bonds is 6. The summed E-state index contributed by atoms with van der Waals surface area (Å²) in [5.41, 5.74) is 0.241. The quantitative estimate of drug-likeness (QED) is 0.846. The first-order chi connectivity index (χ1) is 8.99. The zero-order valence-electron chi connectivity index (χ0n) is 11.9. The van der Waals surface area contributed by atoms with E-state index in [-0.39, 0.29) is 30.0 Å². The smallest absolute Gasteiger partial charge is 0.273 e. The summed E-state index contributed by atoms with van der Waals surface area (Å²) in [5, 5.41) is 2.64. The first-order valence-corrected chi connectivity index (χ1v) is 6.50. The summed E-state index contributed by atoms with van der Waals surface area (Å²) in [4.78, 5) is 29.2. The molecule has 6 heteroatoms. The minimum absolute atomic E-state index is 0.0419. The highest BCUT2D eigenvalue weighted by atomic mass is 16.3. The van der Waals surface area contributed by atoms with Gasteiger partial charge >= 0.3 is 0 Å². The van der Waals surface area contributed by atoms with Crippen molar-refractivity contribution in [3.05, 3.63) is 17.8 Å². The van der Waals surface area contributed by atoms with Crippen molar-refractivity contribution in [2.75, 3.05) is 13.1 Å². The van der Waals surface area contributed by atoms with E-state index >= 15 is 0 Å². The molecule has 0 unspecified atom stereocenters. The topological polar surface area (TPSA) is 75.4 Å². The highest BCUT2D eigenvalue weighted by Crippen LogP contribution is 2.09. The molecule has 1 heterocycles. The molecular weight excluding hydrogens is 246 g/mol. The standard InChI is InChI=1S/C13H21N3O3/c1-5-14-12(17)10-8-19-11(15-10)7-16(6-2)13(18)9(3)4/h8-9H,5-7H2,1-4H3,(H,14,17). The number of carbonyl (C=O) groups is 2. The second-order valence-corrected chi connectivity index (χ2v) is 4.49. The third-order valence-corrected chi connectivity index (χ3v) is 2.64. The van der Waals surface area contributed by atoms with Crippen LogP contribution in [0.15, 0.2) is 10.7 Å². The lowest BCUT2D eigenvalue weighted by molar-refractivity contribution is -0.135. The first kappa shape index (κ1) is 15.2. The highest BCUT2D eigenvalue weighted by molar-refractivity contribution is 5.91. The van der Waals surface area contributed by atoms with Gasteiger partial charge in [-0.2, -0.15) is 0 Å². The Hall–Kier alpha value is -1.85. The lowest BCUT2D eigenvalue weighted by Crippen LogP contribution is -2.33. The van der Waals surface area contributed by atoms with E-state index < -0.39 is 0 Å². The Kier molecular flexibility index (Phi) is 5.54. The molecular formula is C13H21N3O3. The fraction of sp³-hybridized carbons (Fsp3) is 0.615. The number of hydrogen-bond donors (Lipinski definition) is 1. The summed E-state index contributed by atoms with van der Waals surface area (Å²) in [6.07, 6.45) is 1.31. The van der Waals surface area contributed by atoms with Gasteiger partial charge in [0, 0.05) is 19.0 Å². The molecule has 0 saturated heterocycles. The number of oxazole rings is 1. The molecule has 0 spiro atoms. The number of nitrogens with one attached hydrogen (secondary N) is 1. The van der Waals surface area contributed by atoms with E-state index in [9.17, 15) is 9.59 Å². The van der Waals surface area contributed by atoms with E-state index in [1.807, 2.05) is 27.7 Å². The van der Waals surface area contributed by atoms with Crippen LogP contribution in [0.4, 0.5) is 0 Å². The van der Waals surface area contributed by atoms with Crippen molar-refractivity contribution < 1.29 is 14.0 Å². The van der Waals surface area contributed by atoms with Crippen molar-refractivity contribution in [1.82, 2.24) is 15.2 Å². The van der Waals surface area contributed by atoms with Crippen LogP contribution in [-0.4, -0.2) is 34.8 Å². The van der Waals surface area contributed by atoms with Crippen LogP contribution in [0.2, 0.25) is 0 Å². The molecule has 0 aliphatic heterocycles. The Labute approximate surface area is 113 Å². The van der Waals surface area contributed by atoms with Gasteiger partial charge < -0.3 is 14.6 Å². The summed E-state index contributed by atoms with van der Waals surface area (Å²) in [6, 6.07) is 0. The SMILES string of the molecule is CCNC(=O)c1coc(CN(CC)C(=O)C(C)C)n1. The zero-order valence-corrected chi connectivity index (χ0v) is 11.9. The van der Waals surface area contributed by atoms with Crippen molar-refractivity contribution in [3.8, 4) is 0 Å². The minimum Gasteiger partial charge on any atom is -0.446 e. The van der Waals surface area contributed by atoms with Gasteiger partial charge in [-0.05, 0) is 13.8 Å². The van der Waals surface area contributed by atoms with Gasteiger partial charge in [0.05, 0.1) is 6.54 Å². The van der Waals surface area contributed by atoms with Gasteiger partial charge in [0.2, 0.25) is 11.8 Å². The van der Waals surface area contributed by atoms with E-state index in [2.05, 4.69) is 10.3 Å². The predicted octanol–water partition coefficient (Wildman–Crippen LogP) is 1.43. The third kappa shape index (κ3) is 4.08. The number of hydrogen-bond acceptors (Lipinski definition) is 4. The Morgan fingerprint density at radius 1 is 1.42 bits per heavy atom. The molecule has 0 saturated carbocycles. The maximum atomic E-state index is 11.9. The number of carbonyl (C=O) groups excluding carboxylic acids is 2. The molecule has 19 heavy (non-hydrogen) atoms. The fourth-order valence-corrected chi connectivity index (χ4v) is 1.61. The molecule has 0 aliphatic carbocycles. The number of aromatic nitrogens is 1. The molecule has 1 rings (SSSR count). The van der Waals surface area contributed by atoms with E-state index in [0.29, 0.717) is 19.0 Å². The first-order valence-electron chi connectivity index (χ1n) is 6.50. The van der Waals surface area contributed by atoms with Crippen molar-refractivity contribution in [2.45, 2.75) is 34.2 Å². The van der Waals surface area contributed by atoms with E-state index in [1.54, 1.807) is 4.90 Å². The zero-order chi connectivity index (χ0) is 14.4. The Balaban J connectivity index is 2.71. The van der Waals surface area contributed by atoms with Crippen LogP contribution in [0, 0.1) is 5.92 Å². The van der Waals surface area contributed by atoms with Gasteiger partial charge in [0.25, 0.3) is 5.91 Å². The maximum Gasteiger partial charge on any atom is 0.273 e. The molecule has 106 valence electrons. The molecule has 0 bridgehead atoms. The van der Waals surface area contributed by atoms with Crippen molar-refractivity contribution >= 4 is 11.8 Å². The largest absolute Gasteiger partial charge is 0.446 e. The van der Waals surface area contributed by atoms with Crippen molar-refractivity contribution in [2.24, 2.45) is 5.92 Å². The van der Waals surface area contributed by atoms with Crippen LogP contribution in [0.1, 0.15) is 44.1 Å². The van der Waals surface area contributed by atoms with Gasteiger partial charge in [0.15, 0.2) is 5.69 Å². The Bertz CT molecular complexity index is 440. The molecule has 1 aromatic rings. The van der Waals surface area contributed by atoms with Crippen molar-refractivity contribution in [3.63, 3.8) is 0 Å². The lowest BCUT2D eigenvalue weighted by atomic mass is 10.2. The Morgan fingerprint density at radius 2 is 2.11 bits per heavy atom. The number of amides is 2. The molecule has 0 atom stereocenters.